The van der Waals surface area contributed by atoms with E-state index in [0.717, 1.165) is 16.6 Å². The molecule has 0 fully saturated rings. The SMILES string of the molecule is O=C(O)c1ccc2c(-c3ccccn3)cccc2n1. The first kappa shape index (κ1) is 11.3. The van der Waals surface area contributed by atoms with E-state index in [9.17, 15) is 4.79 Å². The van der Waals surface area contributed by atoms with Crippen LogP contribution in [0.25, 0.3) is 22.2 Å². The van der Waals surface area contributed by atoms with E-state index in [-0.39, 0.29) is 5.69 Å². The Morgan fingerprint density at radius 3 is 2.63 bits per heavy atom. The largest absolute Gasteiger partial charge is 0.477 e. The molecule has 1 aromatic carbocycles. The van der Waals surface area contributed by atoms with Gasteiger partial charge in [0.15, 0.2) is 0 Å². The summed E-state index contributed by atoms with van der Waals surface area (Å²) >= 11 is 0. The summed E-state index contributed by atoms with van der Waals surface area (Å²) in [5, 5.41) is 9.85. The number of fused-ring (bicyclic) bond motifs is 1. The van der Waals surface area contributed by atoms with Crippen molar-refractivity contribution in [1.82, 2.24) is 9.97 Å². The summed E-state index contributed by atoms with van der Waals surface area (Å²) in [5.41, 5.74) is 2.49. The van der Waals surface area contributed by atoms with Crippen LogP contribution in [0.5, 0.6) is 0 Å². The Bertz CT molecular complexity index is 754. The fraction of sp³-hybridized carbons (Fsp3) is 0. The molecule has 4 nitrogen and oxygen atoms in total. The molecule has 0 unspecified atom stereocenters. The number of carboxylic acid groups (broad SMARTS) is 1. The molecule has 0 saturated heterocycles. The fourth-order valence-corrected chi connectivity index (χ4v) is 2.02. The maximum atomic E-state index is 10.9. The monoisotopic (exact) mass is 250 g/mol. The zero-order valence-electron chi connectivity index (χ0n) is 9.95. The lowest BCUT2D eigenvalue weighted by atomic mass is 10.0. The van der Waals surface area contributed by atoms with Crippen molar-refractivity contribution in [3.8, 4) is 11.3 Å². The van der Waals surface area contributed by atoms with Crippen molar-refractivity contribution in [3.63, 3.8) is 0 Å². The van der Waals surface area contributed by atoms with Gasteiger partial charge in [0.2, 0.25) is 0 Å². The van der Waals surface area contributed by atoms with Gasteiger partial charge in [0.1, 0.15) is 5.69 Å². The van der Waals surface area contributed by atoms with E-state index in [1.165, 1.54) is 6.07 Å². The molecule has 0 amide bonds. The lowest BCUT2D eigenvalue weighted by Gasteiger charge is -2.06. The van der Waals surface area contributed by atoms with E-state index in [4.69, 9.17) is 5.11 Å². The maximum absolute atomic E-state index is 10.9. The van der Waals surface area contributed by atoms with E-state index in [1.54, 1.807) is 18.3 Å². The molecule has 0 radical (unpaired) electrons. The highest BCUT2D eigenvalue weighted by Crippen LogP contribution is 2.26. The van der Waals surface area contributed by atoms with Crippen LogP contribution in [0.15, 0.2) is 54.7 Å². The summed E-state index contributed by atoms with van der Waals surface area (Å²) in [6.45, 7) is 0. The quantitative estimate of drug-likeness (QED) is 0.759. The summed E-state index contributed by atoms with van der Waals surface area (Å²) in [6.07, 6.45) is 1.73. The minimum absolute atomic E-state index is 0.0469. The van der Waals surface area contributed by atoms with Gasteiger partial charge in [0.25, 0.3) is 0 Å². The number of hydrogen-bond acceptors (Lipinski definition) is 3. The Labute approximate surface area is 109 Å². The topological polar surface area (TPSA) is 63.1 Å². The first-order chi connectivity index (χ1) is 9.25. The van der Waals surface area contributed by atoms with Gasteiger partial charge in [-0.15, -0.1) is 0 Å². The molecule has 0 aliphatic rings. The van der Waals surface area contributed by atoms with E-state index in [2.05, 4.69) is 9.97 Å². The molecule has 3 rings (SSSR count). The van der Waals surface area contributed by atoms with Gasteiger partial charge in [0.05, 0.1) is 11.2 Å². The van der Waals surface area contributed by atoms with E-state index < -0.39 is 5.97 Å². The Hall–Kier alpha value is -2.75. The summed E-state index contributed by atoms with van der Waals surface area (Å²) in [6, 6.07) is 14.6. The van der Waals surface area contributed by atoms with Crippen LogP contribution in [0.1, 0.15) is 10.5 Å². The predicted molar refractivity (Wildman–Crippen MR) is 71.9 cm³/mol. The minimum atomic E-state index is -1.02. The number of pyridine rings is 2. The highest BCUT2D eigenvalue weighted by Gasteiger charge is 2.09. The van der Waals surface area contributed by atoms with Gasteiger partial charge in [-0.1, -0.05) is 18.2 Å². The van der Waals surface area contributed by atoms with Crippen molar-refractivity contribution in [2.24, 2.45) is 0 Å². The lowest BCUT2D eigenvalue weighted by Crippen LogP contribution is -2.00. The smallest absolute Gasteiger partial charge is 0.354 e. The highest BCUT2D eigenvalue weighted by molar-refractivity contribution is 5.96. The molecule has 2 heterocycles. The van der Waals surface area contributed by atoms with Gasteiger partial charge in [-0.25, -0.2) is 9.78 Å². The van der Waals surface area contributed by atoms with Crippen LogP contribution in [0.3, 0.4) is 0 Å². The predicted octanol–water partition coefficient (Wildman–Crippen LogP) is 3.00. The third-order valence-electron chi connectivity index (χ3n) is 2.89. The highest BCUT2D eigenvalue weighted by atomic mass is 16.4. The molecule has 1 N–H and O–H groups in total. The Kier molecular flexibility index (Phi) is 2.68. The molecule has 0 atom stereocenters. The van der Waals surface area contributed by atoms with Crippen LogP contribution in [0, 0.1) is 0 Å². The second-order valence-corrected chi connectivity index (χ2v) is 4.09. The van der Waals surface area contributed by atoms with Crippen molar-refractivity contribution < 1.29 is 9.90 Å². The molecule has 4 heteroatoms. The maximum Gasteiger partial charge on any atom is 0.354 e. The number of hydrogen-bond donors (Lipinski definition) is 1. The number of benzene rings is 1. The van der Waals surface area contributed by atoms with E-state index in [1.807, 2.05) is 30.3 Å². The first-order valence-corrected chi connectivity index (χ1v) is 5.80. The number of aromatic carboxylic acids is 1. The van der Waals surface area contributed by atoms with Gasteiger partial charge in [-0.3, -0.25) is 4.98 Å². The van der Waals surface area contributed by atoms with Crippen LogP contribution in [0.2, 0.25) is 0 Å². The second-order valence-electron chi connectivity index (χ2n) is 4.09. The van der Waals surface area contributed by atoms with Crippen molar-refractivity contribution in [2.45, 2.75) is 0 Å². The molecule has 19 heavy (non-hydrogen) atoms. The standard InChI is InChI=1S/C15H10N2O2/c18-15(19)14-8-7-11-10(4-3-6-13(11)17-14)12-5-1-2-9-16-12/h1-9H,(H,18,19). The third-order valence-corrected chi connectivity index (χ3v) is 2.89. The molecule has 3 aromatic rings. The first-order valence-electron chi connectivity index (χ1n) is 5.80. The zero-order valence-corrected chi connectivity index (χ0v) is 9.95. The van der Waals surface area contributed by atoms with Gasteiger partial charge in [-0.05, 0) is 30.3 Å². The normalized spacial score (nSPS) is 10.5. The van der Waals surface area contributed by atoms with Crippen molar-refractivity contribution >= 4 is 16.9 Å². The average Bonchev–Trinajstić information content (AvgIpc) is 2.47. The van der Waals surface area contributed by atoms with Gasteiger partial charge in [0, 0.05) is 17.1 Å². The summed E-state index contributed by atoms with van der Waals surface area (Å²) in [7, 11) is 0. The molecule has 0 aliphatic heterocycles. The van der Waals surface area contributed by atoms with E-state index >= 15 is 0 Å². The molecular formula is C15H10N2O2. The van der Waals surface area contributed by atoms with Crippen LogP contribution < -0.4 is 0 Å². The number of carboxylic acids is 1. The Morgan fingerprint density at radius 2 is 1.89 bits per heavy atom. The van der Waals surface area contributed by atoms with Crippen LogP contribution in [0.4, 0.5) is 0 Å². The number of aromatic nitrogens is 2. The zero-order chi connectivity index (χ0) is 13.2. The Balaban J connectivity index is 2.25. The molecule has 92 valence electrons. The molecule has 0 aliphatic carbocycles. The summed E-state index contributed by atoms with van der Waals surface area (Å²) in [4.78, 5) is 19.4. The van der Waals surface area contributed by atoms with E-state index in [0.29, 0.717) is 5.52 Å². The average molecular weight is 250 g/mol. The second kappa shape index (κ2) is 4.49. The molecule has 2 aromatic heterocycles. The van der Waals surface area contributed by atoms with Crippen LogP contribution in [-0.4, -0.2) is 21.0 Å². The molecule has 0 spiro atoms. The number of rotatable bonds is 2. The third kappa shape index (κ3) is 2.04. The fourth-order valence-electron chi connectivity index (χ4n) is 2.02. The number of nitrogens with zero attached hydrogens (tertiary/aromatic N) is 2. The van der Waals surface area contributed by atoms with Crippen molar-refractivity contribution in [1.29, 1.82) is 0 Å². The van der Waals surface area contributed by atoms with Gasteiger partial charge < -0.3 is 5.11 Å². The Morgan fingerprint density at radius 1 is 1.00 bits per heavy atom. The lowest BCUT2D eigenvalue weighted by molar-refractivity contribution is 0.0691. The summed E-state index contributed by atoms with van der Waals surface area (Å²) in [5.74, 6) is -1.02. The summed E-state index contributed by atoms with van der Waals surface area (Å²) < 4.78 is 0. The van der Waals surface area contributed by atoms with Crippen LogP contribution >= 0.6 is 0 Å². The molecule has 0 saturated carbocycles. The van der Waals surface area contributed by atoms with Crippen LogP contribution in [-0.2, 0) is 0 Å². The molecule has 0 bridgehead atoms. The molecular weight excluding hydrogens is 240 g/mol. The number of carbonyl (C=O) groups is 1. The van der Waals surface area contributed by atoms with Crippen molar-refractivity contribution in [3.05, 3.63) is 60.4 Å². The van der Waals surface area contributed by atoms with Gasteiger partial charge in [-0.2, -0.15) is 0 Å². The van der Waals surface area contributed by atoms with Gasteiger partial charge >= 0.3 is 5.97 Å². The van der Waals surface area contributed by atoms with Crippen molar-refractivity contribution in [2.75, 3.05) is 0 Å². The minimum Gasteiger partial charge on any atom is -0.477 e.